The summed E-state index contributed by atoms with van der Waals surface area (Å²) in [6.07, 6.45) is 2.39. The molecule has 2 atom stereocenters. The van der Waals surface area contributed by atoms with Gasteiger partial charge in [-0.2, -0.15) is 0 Å². The second-order valence-electron chi connectivity index (χ2n) is 5.97. The van der Waals surface area contributed by atoms with Gasteiger partial charge in [0.25, 0.3) is 0 Å². The molecule has 1 fully saturated rings. The molecular formula is C17H25NO3. The smallest absolute Gasteiger partial charge is 0.310 e. The van der Waals surface area contributed by atoms with Crippen LogP contribution >= 0.6 is 0 Å². The molecule has 0 aliphatic carbocycles. The molecule has 0 spiro atoms. The zero-order chi connectivity index (χ0) is 15.5. The van der Waals surface area contributed by atoms with Crippen molar-refractivity contribution in [3.63, 3.8) is 0 Å². The fourth-order valence-corrected chi connectivity index (χ4v) is 3.41. The van der Waals surface area contributed by atoms with Crippen LogP contribution < -0.4 is 4.74 Å². The average molecular weight is 291 g/mol. The van der Waals surface area contributed by atoms with Crippen LogP contribution in [0.1, 0.15) is 44.7 Å². The molecule has 116 valence electrons. The van der Waals surface area contributed by atoms with Gasteiger partial charge in [0.05, 0.1) is 12.5 Å². The Balaban J connectivity index is 2.18. The number of aliphatic carboxylic acids is 1. The molecule has 1 aromatic rings. The summed E-state index contributed by atoms with van der Waals surface area (Å²) in [5, 5.41) is 9.61. The molecule has 4 nitrogen and oxygen atoms in total. The number of ether oxygens (including phenoxy) is 1. The van der Waals surface area contributed by atoms with Gasteiger partial charge in [-0.25, -0.2) is 0 Å². The van der Waals surface area contributed by atoms with E-state index >= 15 is 0 Å². The summed E-state index contributed by atoms with van der Waals surface area (Å²) in [4.78, 5) is 14.0. The van der Waals surface area contributed by atoms with Gasteiger partial charge >= 0.3 is 5.97 Å². The summed E-state index contributed by atoms with van der Waals surface area (Å²) in [5.74, 6) is 0.215. The van der Waals surface area contributed by atoms with Crippen molar-refractivity contribution in [2.45, 2.75) is 39.2 Å². The van der Waals surface area contributed by atoms with Crippen LogP contribution in [-0.4, -0.2) is 36.2 Å². The van der Waals surface area contributed by atoms with Crippen molar-refractivity contribution in [1.29, 1.82) is 0 Å². The Labute approximate surface area is 126 Å². The number of rotatable bonds is 6. The van der Waals surface area contributed by atoms with E-state index in [0.717, 1.165) is 37.1 Å². The van der Waals surface area contributed by atoms with Gasteiger partial charge in [0, 0.05) is 18.2 Å². The fourth-order valence-electron chi connectivity index (χ4n) is 3.41. The highest BCUT2D eigenvalue weighted by molar-refractivity contribution is 5.75. The second-order valence-corrected chi connectivity index (χ2v) is 5.97. The lowest BCUT2D eigenvalue weighted by Gasteiger charge is -2.29. The molecule has 1 N–H and O–H groups in total. The first kappa shape index (κ1) is 15.8. The topological polar surface area (TPSA) is 49.8 Å². The zero-order valence-corrected chi connectivity index (χ0v) is 13.1. The quantitative estimate of drug-likeness (QED) is 0.873. The maximum absolute atomic E-state index is 11.7. The normalized spacial score (nSPS) is 24.0. The van der Waals surface area contributed by atoms with E-state index in [1.165, 1.54) is 0 Å². The molecule has 0 amide bonds. The summed E-state index contributed by atoms with van der Waals surface area (Å²) in [5.41, 5.74) is 0.545. The highest BCUT2D eigenvalue weighted by atomic mass is 16.5. The third-order valence-electron chi connectivity index (χ3n) is 4.70. The van der Waals surface area contributed by atoms with Gasteiger partial charge in [-0.3, -0.25) is 9.69 Å². The minimum absolute atomic E-state index is 0.166. The molecule has 1 aromatic carbocycles. The Morgan fingerprint density at radius 2 is 2.19 bits per heavy atom. The van der Waals surface area contributed by atoms with Crippen LogP contribution in [0.25, 0.3) is 0 Å². The number of benzene rings is 1. The first-order valence-corrected chi connectivity index (χ1v) is 7.64. The van der Waals surface area contributed by atoms with E-state index in [4.69, 9.17) is 4.74 Å². The van der Waals surface area contributed by atoms with E-state index in [1.807, 2.05) is 18.2 Å². The molecule has 2 unspecified atom stereocenters. The van der Waals surface area contributed by atoms with Crippen molar-refractivity contribution >= 4 is 5.97 Å². The van der Waals surface area contributed by atoms with Crippen molar-refractivity contribution in [2.24, 2.45) is 5.41 Å². The minimum atomic E-state index is -0.654. The van der Waals surface area contributed by atoms with Crippen molar-refractivity contribution in [3.05, 3.63) is 29.8 Å². The number of hydrogen-bond donors (Lipinski definition) is 1. The molecule has 0 saturated carbocycles. The van der Waals surface area contributed by atoms with Crippen molar-refractivity contribution in [1.82, 2.24) is 4.90 Å². The number of hydrogen-bond acceptors (Lipinski definition) is 3. The Hall–Kier alpha value is -1.55. The lowest BCUT2D eigenvalue weighted by Crippen LogP contribution is -2.35. The maximum Gasteiger partial charge on any atom is 0.310 e. The average Bonchev–Trinajstić information content (AvgIpc) is 2.92. The standard InChI is InChI=1S/C17H25NO3/c1-4-9-17(16(19)20)10-11-18(12-17)13(2)14-7-5-6-8-15(14)21-3/h5-8,13H,4,9-12H2,1-3H3,(H,19,20). The number of carboxylic acids is 1. The number of likely N-dealkylation sites (tertiary alicyclic amines) is 1. The van der Waals surface area contributed by atoms with Crippen molar-refractivity contribution < 1.29 is 14.6 Å². The number of carbonyl (C=O) groups is 1. The van der Waals surface area contributed by atoms with Crippen LogP contribution in [0.2, 0.25) is 0 Å². The second kappa shape index (κ2) is 6.48. The molecule has 1 heterocycles. The molecule has 0 bridgehead atoms. The van der Waals surface area contributed by atoms with E-state index in [9.17, 15) is 9.90 Å². The highest BCUT2D eigenvalue weighted by Gasteiger charge is 2.45. The highest BCUT2D eigenvalue weighted by Crippen LogP contribution is 2.40. The Morgan fingerprint density at radius 1 is 1.48 bits per heavy atom. The number of carboxylic acid groups (broad SMARTS) is 1. The van der Waals surface area contributed by atoms with E-state index in [1.54, 1.807) is 7.11 Å². The molecule has 0 radical (unpaired) electrons. The Kier molecular flexibility index (Phi) is 4.88. The van der Waals surface area contributed by atoms with E-state index in [0.29, 0.717) is 6.54 Å². The van der Waals surface area contributed by atoms with Gasteiger partial charge in [-0.1, -0.05) is 31.5 Å². The predicted octanol–water partition coefficient (Wildman–Crippen LogP) is 3.33. The summed E-state index contributed by atoms with van der Waals surface area (Å²) >= 11 is 0. The molecule has 21 heavy (non-hydrogen) atoms. The number of nitrogens with zero attached hydrogens (tertiary/aromatic N) is 1. The zero-order valence-electron chi connectivity index (χ0n) is 13.1. The third kappa shape index (κ3) is 3.05. The number of para-hydroxylation sites is 1. The summed E-state index contributed by atoms with van der Waals surface area (Å²) in [7, 11) is 1.67. The van der Waals surface area contributed by atoms with Crippen molar-refractivity contribution in [3.8, 4) is 5.75 Å². The molecule has 0 aromatic heterocycles. The summed E-state index contributed by atoms with van der Waals surface area (Å²) in [6.45, 7) is 5.62. The van der Waals surface area contributed by atoms with Gasteiger partial charge in [-0.05, 0) is 32.4 Å². The van der Waals surface area contributed by atoms with E-state index in [-0.39, 0.29) is 6.04 Å². The van der Waals surface area contributed by atoms with Gasteiger partial charge in [0.1, 0.15) is 5.75 Å². The van der Waals surface area contributed by atoms with Crippen molar-refractivity contribution in [2.75, 3.05) is 20.2 Å². The summed E-state index contributed by atoms with van der Waals surface area (Å²) < 4.78 is 5.43. The van der Waals surface area contributed by atoms with Gasteiger partial charge in [0.2, 0.25) is 0 Å². The van der Waals surface area contributed by atoms with Gasteiger partial charge < -0.3 is 9.84 Å². The third-order valence-corrected chi connectivity index (χ3v) is 4.70. The maximum atomic E-state index is 11.7. The van der Waals surface area contributed by atoms with Crippen LogP contribution in [0.15, 0.2) is 24.3 Å². The lowest BCUT2D eigenvalue weighted by molar-refractivity contribution is -0.148. The molecular weight excluding hydrogens is 266 g/mol. The molecule has 2 rings (SSSR count). The van der Waals surface area contributed by atoms with Crippen LogP contribution in [0.3, 0.4) is 0 Å². The van der Waals surface area contributed by atoms with E-state index in [2.05, 4.69) is 24.8 Å². The molecule has 1 aliphatic rings. The first-order chi connectivity index (χ1) is 10.0. The van der Waals surface area contributed by atoms with E-state index < -0.39 is 11.4 Å². The minimum Gasteiger partial charge on any atom is -0.496 e. The SMILES string of the molecule is CCCC1(C(=O)O)CCN(C(C)c2ccccc2OC)C1. The summed E-state index contributed by atoms with van der Waals surface area (Å²) in [6, 6.07) is 8.14. The Morgan fingerprint density at radius 3 is 2.81 bits per heavy atom. The van der Waals surface area contributed by atoms with Crippen LogP contribution in [0.5, 0.6) is 5.75 Å². The fraction of sp³-hybridized carbons (Fsp3) is 0.588. The Bertz CT molecular complexity index is 503. The first-order valence-electron chi connectivity index (χ1n) is 7.64. The molecule has 1 aliphatic heterocycles. The van der Waals surface area contributed by atoms with Gasteiger partial charge in [-0.15, -0.1) is 0 Å². The van der Waals surface area contributed by atoms with Crippen LogP contribution in [0.4, 0.5) is 0 Å². The van der Waals surface area contributed by atoms with Crippen LogP contribution in [-0.2, 0) is 4.79 Å². The molecule has 1 saturated heterocycles. The predicted molar refractivity (Wildman–Crippen MR) is 82.6 cm³/mol. The largest absolute Gasteiger partial charge is 0.496 e. The van der Waals surface area contributed by atoms with Gasteiger partial charge in [0.15, 0.2) is 0 Å². The monoisotopic (exact) mass is 291 g/mol. The number of methoxy groups -OCH3 is 1. The van der Waals surface area contributed by atoms with Crippen LogP contribution in [0, 0.1) is 5.41 Å². The lowest BCUT2D eigenvalue weighted by atomic mass is 9.82. The molecule has 4 heteroatoms.